The van der Waals surface area contributed by atoms with E-state index in [1.54, 1.807) is 0 Å². The summed E-state index contributed by atoms with van der Waals surface area (Å²) >= 11 is 6.19. The van der Waals surface area contributed by atoms with Crippen molar-refractivity contribution in [2.45, 2.75) is 46.7 Å². The van der Waals surface area contributed by atoms with Crippen LogP contribution in [0.25, 0.3) is 0 Å². The summed E-state index contributed by atoms with van der Waals surface area (Å²) in [6.07, 6.45) is 1.19. The molecule has 16 heavy (non-hydrogen) atoms. The Labute approximate surface area is 103 Å². The molecule has 2 atom stereocenters. The Morgan fingerprint density at radius 2 is 2.06 bits per heavy atom. The summed E-state index contributed by atoms with van der Waals surface area (Å²) in [6, 6.07) is 0.497. The molecule has 0 amide bonds. The van der Waals surface area contributed by atoms with Crippen molar-refractivity contribution in [2.24, 2.45) is 13.0 Å². The van der Waals surface area contributed by atoms with Gasteiger partial charge in [0.2, 0.25) is 0 Å². The topological polar surface area (TPSA) is 29.9 Å². The second-order valence-corrected chi connectivity index (χ2v) is 4.90. The molecule has 1 rings (SSSR count). The van der Waals surface area contributed by atoms with Gasteiger partial charge < -0.3 is 5.32 Å². The first-order valence-electron chi connectivity index (χ1n) is 5.88. The van der Waals surface area contributed by atoms with Crippen LogP contribution in [0.2, 0.25) is 5.02 Å². The highest BCUT2D eigenvalue weighted by Crippen LogP contribution is 2.19. The van der Waals surface area contributed by atoms with Crippen LogP contribution >= 0.6 is 11.6 Å². The molecule has 0 spiro atoms. The number of rotatable bonds is 5. The summed E-state index contributed by atoms with van der Waals surface area (Å²) < 4.78 is 1.86. The zero-order chi connectivity index (χ0) is 12.3. The molecule has 0 aliphatic rings. The molecule has 1 heterocycles. The minimum absolute atomic E-state index is 0.497. The van der Waals surface area contributed by atoms with Gasteiger partial charge in [-0.3, -0.25) is 4.68 Å². The van der Waals surface area contributed by atoms with Crippen LogP contribution in [-0.2, 0) is 13.6 Å². The van der Waals surface area contributed by atoms with Gasteiger partial charge in [-0.2, -0.15) is 5.10 Å². The lowest BCUT2D eigenvalue weighted by atomic mass is 10.0. The Morgan fingerprint density at radius 1 is 1.44 bits per heavy atom. The van der Waals surface area contributed by atoms with E-state index in [4.69, 9.17) is 11.6 Å². The zero-order valence-electron chi connectivity index (χ0n) is 10.8. The van der Waals surface area contributed by atoms with Gasteiger partial charge in [-0.15, -0.1) is 0 Å². The third-order valence-corrected chi connectivity index (χ3v) is 3.84. The van der Waals surface area contributed by atoms with Crippen LogP contribution in [0.5, 0.6) is 0 Å². The molecule has 92 valence electrons. The maximum Gasteiger partial charge on any atom is 0.0860 e. The van der Waals surface area contributed by atoms with E-state index in [-0.39, 0.29) is 0 Å². The van der Waals surface area contributed by atoms with Gasteiger partial charge in [0.05, 0.1) is 16.4 Å². The Hall–Kier alpha value is -0.540. The first kappa shape index (κ1) is 13.5. The van der Waals surface area contributed by atoms with Crippen LogP contribution in [0.3, 0.4) is 0 Å². The highest BCUT2D eigenvalue weighted by Gasteiger charge is 2.14. The van der Waals surface area contributed by atoms with E-state index in [0.717, 1.165) is 23.0 Å². The number of hydrogen-bond acceptors (Lipinski definition) is 2. The van der Waals surface area contributed by atoms with E-state index in [9.17, 15) is 0 Å². The standard InChI is InChI=1S/C12H22ClN3/c1-6-8(2)9(3)14-7-11-12(13)10(4)15-16(11)5/h8-9,14H,6-7H2,1-5H3. The van der Waals surface area contributed by atoms with Gasteiger partial charge >= 0.3 is 0 Å². The molecule has 0 aromatic carbocycles. The van der Waals surface area contributed by atoms with Crippen molar-refractivity contribution in [2.75, 3.05) is 0 Å². The predicted molar refractivity (Wildman–Crippen MR) is 68.7 cm³/mol. The van der Waals surface area contributed by atoms with Gasteiger partial charge in [0.25, 0.3) is 0 Å². The molecule has 4 heteroatoms. The Balaban J connectivity index is 2.61. The molecular formula is C12H22ClN3. The highest BCUT2D eigenvalue weighted by atomic mass is 35.5. The molecule has 0 fully saturated rings. The number of halogens is 1. The molecule has 0 bridgehead atoms. The van der Waals surface area contributed by atoms with Gasteiger partial charge in [-0.1, -0.05) is 31.9 Å². The normalized spacial score (nSPS) is 15.1. The highest BCUT2D eigenvalue weighted by molar-refractivity contribution is 6.31. The molecule has 0 aliphatic carbocycles. The molecule has 0 aliphatic heterocycles. The summed E-state index contributed by atoms with van der Waals surface area (Å²) in [5.41, 5.74) is 1.96. The fourth-order valence-corrected chi connectivity index (χ4v) is 1.91. The Morgan fingerprint density at radius 3 is 2.50 bits per heavy atom. The van der Waals surface area contributed by atoms with Crippen LogP contribution in [0.1, 0.15) is 38.6 Å². The van der Waals surface area contributed by atoms with Crippen molar-refractivity contribution >= 4 is 11.6 Å². The Bertz CT molecular complexity index is 346. The quantitative estimate of drug-likeness (QED) is 0.862. The monoisotopic (exact) mass is 243 g/mol. The second-order valence-electron chi connectivity index (χ2n) is 4.52. The molecule has 2 unspecified atom stereocenters. The molecule has 1 aromatic rings. The van der Waals surface area contributed by atoms with Crippen molar-refractivity contribution in [3.05, 3.63) is 16.4 Å². The summed E-state index contributed by atoms with van der Waals surface area (Å²) in [5, 5.41) is 8.58. The average molecular weight is 244 g/mol. The van der Waals surface area contributed by atoms with E-state index in [0.29, 0.717) is 12.0 Å². The van der Waals surface area contributed by atoms with Crippen LogP contribution < -0.4 is 5.32 Å². The van der Waals surface area contributed by atoms with Crippen molar-refractivity contribution in [1.29, 1.82) is 0 Å². The summed E-state index contributed by atoms with van der Waals surface area (Å²) in [5.74, 6) is 0.674. The fraction of sp³-hybridized carbons (Fsp3) is 0.750. The zero-order valence-corrected chi connectivity index (χ0v) is 11.6. The maximum absolute atomic E-state index is 6.19. The molecule has 0 saturated carbocycles. The SMILES string of the molecule is CCC(C)C(C)NCc1c(Cl)c(C)nn1C. The van der Waals surface area contributed by atoms with Crippen molar-refractivity contribution < 1.29 is 0 Å². The lowest BCUT2D eigenvalue weighted by Gasteiger charge is -2.20. The van der Waals surface area contributed by atoms with Gasteiger partial charge in [0.15, 0.2) is 0 Å². The van der Waals surface area contributed by atoms with Gasteiger partial charge in [-0.05, 0) is 19.8 Å². The predicted octanol–water partition coefficient (Wildman–Crippen LogP) is 2.91. The number of hydrogen-bond donors (Lipinski definition) is 1. The average Bonchev–Trinajstić information content (AvgIpc) is 2.49. The summed E-state index contributed by atoms with van der Waals surface area (Å²) in [7, 11) is 1.93. The summed E-state index contributed by atoms with van der Waals surface area (Å²) in [6.45, 7) is 9.40. The lowest BCUT2D eigenvalue weighted by molar-refractivity contribution is 0.385. The second kappa shape index (κ2) is 5.69. The van der Waals surface area contributed by atoms with Crippen molar-refractivity contribution in [3.63, 3.8) is 0 Å². The van der Waals surface area contributed by atoms with Crippen molar-refractivity contribution in [3.8, 4) is 0 Å². The van der Waals surface area contributed by atoms with Crippen LogP contribution in [0, 0.1) is 12.8 Å². The van der Waals surface area contributed by atoms with Gasteiger partial charge in [0, 0.05) is 19.6 Å². The van der Waals surface area contributed by atoms with E-state index < -0.39 is 0 Å². The molecule has 1 aromatic heterocycles. The third kappa shape index (κ3) is 2.98. The molecule has 3 nitrogen and oxygen atoms in total. The maximum atomic E-state index is 6.19. The largest absolute Gasteiger partial charge is 0.308 e. The Kier molecular flexibility index (Phi) is 4.81. The number of aromatic nitrogens is 2. The molecule has 0 radical (unpaired) electrons. The number of nitrogens with one attached hydrogen (secondary N) is 1. The minimum Gasteiger partial charge on any atom is -0.308 e. The third-order valence-electron chi connectivity index (χ3n) is 3.35. The summed E-state index contributed by atoms with van der Waals surface area (Å²) in [4.78, 5) is 0. The number of aryl methyl sites for hydroxylation is 2. The molecular weight excluding hydrogens is 222 g/mol. The van der Waals surface area contributed by atoms with E-state index >= 15 is 0 Å². The number of nitrogens with zero attached hydrogens (tertiary/aromatic N) is 2. The van der Waals surface area contributed by atoms with Crippen LogP contribution in [0.15, 0.2) is 0 Å². The first-order chi connectivity index (χ1) is 7.47. The van der Waals surface area contributed by atoms with Gasteiger partial charge in [0.1, 0.15) is 0 Å². The van der Waals surface area contributed by atoms with Crippen molar-refractivity contribution in [1.82, 2.24) is 15.1 Å². The van der Waals surface area contributed by atoms with E-state index in [2.05, 4.69) is 31.2 Å². The molecule has 1 N–H and O–H groups in total. The first-order valence-corrected chi connectivity index (χ1v) is 6.26. The van der Waals surface area contributed by atoms with Crippen LogP contribution in [-0.4, -0.2) is 15.8 Å². The van der Waals surface area contributed by atoms with Crippen LogP contribution in [0.4, 0.5) is 0 Å². The van der Waals surface area contributed by atoms with E-state index in [1.807, 2.05) is 18.7 Å². The smallest absolute Gasteiger partial charge is 0.0860 e. The van der Waals surface area contributed by atoms with E-state index in [1.165, 1.54) is 6.42 Å². The fourth-order valence-electron chi connectivity index (χ4n) is 1.68. The van der Waals surface area contributed by atoms with Gasteiger partial charge in [-0.25, -0.2) is 0 Å². The minimum atomic E-state index is 0.497. The lowest BCUT2D eigenvalue weighted by Crippen LogP contribution is -2.32. The molecule has 0 saturated heterocycles.